The summed E-state index contributed by atoms with van der Waals surface area (Å²) in [7, 11) is 7.44. The Bertz CT molecular complexity index is 356. The molecule has 0 saturated heterocycles. The normalized spacial score (nSPS) is 10.7. The van der Waals surface area contributed by atoms with Gasteiger partial charge in [-0.3, -0.25) is 0 Å². The second-order valence-electron chi connectivity index (χ2n) is 4.35. The number of nitrogens with zero attached hydrogens (tertiary/aromatic N) is 1. The lowest BCUT2D eigenvalue weighted by Gasteiger charge is -2.19. The first-order chi connectivity index (χ1) is 8.72. The highest BCUT2D eigenvalue weighted by molar-refractivity contribution is 5.46. The van der Waals surface area contributed by atoms with Gasteiger partial charge in [0, 0.05) is 12.1 Å². The zero-order chi connectivity index (χ0) is 13.4. The average Bonchev–Trinajstić information content (AvgIpc) is 2.38. The van der Waals surface area contributed by atoms with Gasteiger partial charge in [0.25, 0.3) is 0 Å². The highest BCUT2D eigenvalue weighted by Crippen LogP contribution is 2.31. The van der Waals surface area contributed by atoms with Gasteiger partial charge in [-0.05, 0) is 39.7 Å². The standard InChI is InChI=1S/C14H24N2O2/c1-15-9-6-10-16(2)11-12-7-5-8-13(17-3)14(12)18-4/h5,7-8,15H,6,9-11H2,1-4H3. The maximum atomic E-state index is 5.43. The summed E-state index contributed by atoms with van der Waals surface area (Å²) >= 11 is 0. The molecule has 1 N–H and O–H groups in total. The lowest BCUT2D eigenvalue weighted by molar-refractivity contribution is 0.305. The summed E-state index contributed by atoms with van der Waals surface area (Å²) in [6.45, 7) is 2.96. The molecule has 4 nitrogen and oxygen atoms in total. The molecule has 0 aliphatic carbocycles. The van der Waals surface area contributed by atoms with Crippen LogP contribution in [0.15, 0.2) is 18.2 Å². The topological polar surface area (TPSA) is 33.7 Å². The van der Waals surface area contributed by atoms with Gasteiger partial charge in [-0.2, -0.15) is 0 Å². The van der Waals surface area contributed by atoms with Gasteiger partial charge < -0.3 is 19.7 Å². The van der Waals surface area contributed by atoms with Gasteiger partial charge in [0.05, 0.1) is 14.2 Å². The van der Waals surface area contributed by atoms with Crippen molar-refractivity contribution in [3.05, 3.63) is 23.8 Å². The largest absolute Gasteiger partial charge is 0.493 e. The second kappa shape index (κ2) is 7.95. The van der Waals surface area contributed by atoms with Crippen LogP contribution in [0.4, 0.5) is 0 Å². The van der Waals surface area contributed by atoms with Crippen molar-refractivity contribution in [2.75, 3.05) is 41.4 Å². The van der Waals surface area contributed by atoms with Crippen molar-refractivity contribution in [1.29, 1.82) is 0 Å². The number of rotatable bonds is 8. The number of benzene rings is 1. The molecular formula is C14H24N2O2. The van der Waals surface area contributed by atoms with Crippen LogP contribution in [0.3, 0.4) is 0 Å². The van der Waals surface area contributed by atoms with Crippen LogP contribution in [0.2, 0.25) is 0 Å². The molecule has 0 unspecified atom stereocenters. The summed E-state index contributed by atoms with van der Waals surface area (Å²) in [6, 6.07) is 6.00. The molecule has 1 aromatic carbocycles. The molecule has 0 spiro atoms. The Balaban J connectivity index is 2.65. The van der Waals surface area contributed by atoms with Crippen LogP contribution in [0.1, 0.15) is 12.0 Å². The molecule has 0 aliphatic heterocycles. The molecule has 1 rings (SSSR count). The van der Waals surface area contributed by atoms with Crippen molar-refractivity contribution in [2.24, 2.45) is 0 Å². The van der Waals surface area contributed by atoms with E-state index in [2.05, 4.69) is 23.3 Å². The SMILES string of the molecule is CNCCCN(C)Cc1cccc(OC)c1OC. The molecule has 0 fully saturated rings. The van der Waals surface area contributed by atoms with Gasteiger partial charge in [-0.25, -0.2) is 0 Å². The molecule has 18 heavy (non-hydrogen) atoms. The minimum absolute atomic E-state index is 0.790. The Hall–Kier alpha value is -1.26. The van der Waals surface area contributed by atoms with Crippen molar-refractivity contribution in [2.45, 2.75) is 13.0 Å². The fourth-order valence-corrected chi connectivity index (χ4v) is 1.97. The minimum Gasteiger partial charge on any atom is -0.493 e. The monoisotopic (exact) mass is 252 g/mol. The Labute approximate surface area is 110 Å². The number of hydrogen-bond donors (Lipinski definition) is 1. The smallest absolute Gasteiger partial charge is 0.165 e. The highest BCUT2D eigenvalue weighted by atomic mass is 16.5. The Morgan fingerprint density at radius 2 is 2.00 bits per heavy atom. The van der Waals surface area contributed by atoms with E-state index < -0.39 is 0 Å². The van der Waals surface area contributed by atoms with Gasteiger partial charge in [-0.15, -0.1) is 0 Å². The molecule has 1 aromatic rings. The van der Waals surface area contributed by atoms with E-state index >= 15 is 0 Å². The van der Waals surface area contributed by atoms with E-state index in [0.29, 0.717) is 0 Å². The van der Waals surface area contributed by atoms with Crippen molar-refractivity contribution >= 4 is 0 Å². The maximum absolute atomic E-state index is 5.43. The molecule has 0 amide bonds. The Morgan fingerprint density at radius 3 is 2.61 bits per heavy atom. The summed E-state index contributed by atoms with van der Waals surface area (Å²) in [4.78, 5) is 2.29. The molecular weight excluding hydrogens is 228 g/mol. The molecule has 0 bridgehead atoms. The molecule has 0 radical (unpaired) electrons. The quantitative estimate of drug-likeness (QED) is 0.715. The third-order valence-electron chi connectivity index (χ3n) is 2.89. The Morgan fingerprint density at radius 1 is 1.22 bits per heavy atom. The van der Waals surface area contributed by atoms with Crippen molar-refractivity contribution in [1.82, 2.24) is 10.2 Å². The average molecular weight is 252 g/mol. The zero-order valence-corrected chi connectivity index (χ0v) is 11.8. The highest BCUT2D eigenvalue weighted by Gasteiger charge is 2.10. The summed E-state index contributed by atoms with van der Waals surface area (Å²) in [6.07, 6.45) is 1.14. The third-order valence-corrected chi connectivity index (χ3v) is 2.89. The molecule has 102 valence electrons. The summed E-state index contributed by atoms with van der Waals surface area (Å²) < 4.78 is 10.7. The van der Waals surface area contributed by atoms with Crippen molar-refractivity contribution in [3.8, 4) is 11.5 Å². The van der Waals surface area contributed by atoms with Crippen molar-refractivity contribution in [3.63, 3.8) is 0 Å². The lowest BCUT2D eigenvalue weighted by Crippen LogP contribution is -2.22. The first-order valence-corrected chi connectivity index (χ1v) is 6.26. The molecule has 0 atom stereocenters. The van der Waals surface area contributed by atoms with Crippen LogP contribution in [0.5, 0.6) is 11.5 Å². The van der Waals surface area contributed by atoms with Crippen LogP contribution in [0, 0.1) is 0 Å². The lowest BCUT2D eigenvalue weighted by atomic mass is 10.1. The van der Waals surface area contributed by atoms with Crippen LogP contribution in [-0.4, -0.2) is 46.3 Å². The summed E-state index contributed by atoms with van der Waals surface area (Å²) in [5.41, 5.74) is 1.16. The molecule has 0 aromatic heterocycles. The van der Waals surface area contributed by atoms with E-state index in [4.69, 9.17) is 9.47 Å². The first kappa shape index (κ1) is 14.8. The van der Waals surface area contributed by atoms with Crippen LogP contribution in [-0.2, 0) is 6.54 Å². The van der Waals surface area contributed by atoms with Crippen molar-refractivity contribution < 1.29 is 9.47 Å². The number of hydrogen-bond acceptors (Lipinski definition) is 4. The fraction of sp³-hybridized carbons (Fsp3) is 0.571. The van der Waals surface area contributed by atoms with Gasteiger partial charge >= 0.3 is 0 Å². The van der Waals surface area contributed by atoms with Crippen LogP contribution in [0.25, 0.3) is 0 Å². The van der Waals surface area contributed by atoms with E-state index in [1.807, 2.05) is 19.2 Å². The number of nitrogens with one attached hydrogen (secondary N) is 1. The fourth-order valence-electron chi connectivity index (χ4n) is 1.97. The van der Waals surface area contributed by atoms with Crippen LogP contribution < -0.4 is 14.8 Å². The number of para-hydroxylation sites is 1. The van der Waals surface area contributed by atoms with E-state index in [0.717, 1.165) is 43.1 Å². The third kappa shape index (κ3) is 4.20. The molecule has 0 aliphatic rings. The molecule has 0 heterocycles. The predicted molar refractivity (Wildman–Crippen MR) is 74.4 cm³/mol. The summed E-state index contributed by atoms with van der Waals surface area (Å²) in [5, 5.41) is 3.16. The second-order valence-corrected chi connectivity index (χ2v) is 4.35. The van der Waals surface area contributed by atoms with Gasteiger partial charge in [0.2, 0.25) is 0 Å². The Kier molecular flexibility index (Phi) is 6.54. The maximum Gasteiger partial charge on any atom is 0.165 e. The van der Waals surface area contributed by atoms with E-state index in [1.165, 1.54) is 0 Å². The predicted octanol–water partition coefficient (Wildman–Crippen LogP) is 1.75. The van der Waals surface area contributed by atoms with E-state index in [1.54, 1.807) is 14.2 Å². The van der Waals surface area contributed by atoms with Gasteiger partial charge in [0.15, 0.2) is 11.5 Å². The summed E-state index contributed by atoms with van der Waals surface area (Å²) in [5.74, 6) is 1.62. The number of methoxy groups -OCH3 is 2. The zero-order valence-electron chi connectivity index (χ0n) is 11.8. The van der Waals surface area contributed by atoms with Gasteiger partial charge in [0.1, 0.15) is 0 Å². The van der Waals surface area contributed by atoms with Crippen LogP contribution >= 0.6 is 0 Å². The van der Waals surface area contributed by atoms with E-state index in [-0.39, 0.29) is 0 Å². The first-order valence-electron chi connectivity index (χ1n) is 6.26. The molecule has 4 heteroatoms. The van der Waals surface area contributed by atoms with Gasteiger partial charge in [-0.1, -0.05) is 12.1 Å². The van der Waals surface area contributed by atoms with E-state index in [9.17, 15) is 0 Å². The molecule has 0 saturated carbocycles. The number of ether oxygens (including phenoxy) is 2. The minimum atomic E-state index is 0.790.